The van der Waals surface area contributed by atoms with Gasteiger partial charge < -0.3 is 14.5 Å². The van der Waals surface area contributed by atoms with Gasteiger partial charge in [-0.25, -0.2) is 0 Å². The topological polar surface area (TPSA) is 32.8 Å². The van der Waals surface area contributed by atoms with E-state index >= 15 is 0 Å². The molecule has 28 heavy (non-hydrogen) atoms. The monoisotopic (exact) mass is 380 g/mol. The Morgan fingerprint density at radius 1 is 0.786 bits per heavy atom. The maximum Gasteiger partial charge on any atom is 0.310 e. The number of nitrogens with zero attached hydrogens (tertiary/aromatic N) is 2. The molecule has 4 heteroatoms. The number of piperazine rings is 1. The van der Waals surface area contributed by atoms with E-state index in [4.69, 9.17) is 4.74 Å². The quantitative estimate of drug-likeness (QED) is 0.626. The molecule has 0 aliphatic carbocycles. The Kier molecular flexibility index (Phi) is 8.07. The van der Waals surface area contributed by atoms with Gasteiger partial charge in [0.05, 0.1) is 13.0 Å². The number of esters is 1. The highest BCUT2D eigenvalue weighted by Crippen LogP contribution is 2.10. The van der Waals surface area contributed by atoms with Gasteiger partial charge >= 0.3 is 5.97 Å². The fraction of sp³-hybridized carbons (Fsp3) is 0.458. The molecule has 0 bridgehead atoms. The van der Waals surface area contributed by atoms with Crippen LogP contribution in [0.4, 0.5) is 0 Å². The molecule has 0 saturated carbocycles. The van der Waals surface area contributed by atoms with E-state index in [1.165, 1.54) is 11.1 Å². The van der Waals surface area contributed by atoms with Crippen molar-refractivity contribution in [2.24, 2.45) is 0 Å². The zero-order valence-electron chi connectivity index (χ0n) is 17.0. The van der Waals surface area contributed by atoms with Gasteiger partial charge in [-0.2, -0.15) is 0 Å². The molecule has 2 aromatic rings. The van der Waals surface area contributed by atoms with Crippen LogP contribution in [0.25, 0.3) is 0 Å². The number of ether oxygens (including phenoxy) is 1. The van der Waals surface area contributed by atoms with Crippen LogP contribution in [0.2, 0.25) is 0 Å². The molecule has 0 unspecified atom stereocenters. The Bertz CT molecular complexity index is 707. The van der Waals surface area contributed by atoms with Crippen molar-refractivity contribution in [2.75, 3.05) is 45.9 Å². The summed E-state index contributed by atoms with van der Waals surface area (Å²) >= 11 is 0. The number of benzene rings is 2. The number of hydrogen-bond acceptors (Lipinski definition) is 4. The smallest absolute Gasteiger partial charge is 0.310 e. The van der Waals surface area contributed by atoms with E-state index < -0.39 is 0 Å². The van der Waals surface area contributed by atoms with Crippen molar-refractivity contribution in [3.05, 3.63) is 71.3 Å². The summed E-state index contributed by atoms with van der Waals surface area (Å²) < 4.78 is 5.00. The predicted molar refractivity (Wildman–Crippen MR) is 114 cm³/mol. The van der Waals surface area contributed by atoms with Crippen molar-refractivity contribution in [1.82, 2.24) is 9.80 Å². The maximum atomic E-state index is 11.6. The maximum absolute atomic E-state index is 11.6. The second-order valence-electron chi connectivity index (χ2n) is 7.47. The zero-order valence-corrected chi connectivity index (χ0v) is 17.0. The van der Waals surface area contributed by atoms with Gasteiger partial charge in [-0.3, -0.25) is 4.79 Å². The summed E-state index contributed by atoms with van der Waals surface area (Å²) in [5.74, 6) is -0.152. The van der Waals surface area contributed by atoms with E-state index in [2.05, 4.69) is 52.3 Å². The highest BCUT2D eigenvalue weighted by Gasteiger charge is 2.16. The van der Waals surface area contributed by atoms with Crippen molar-refractivity contribution in [3.63, 3.8) is 0 Å². The Morgan fingerprint density at radius 2 is 1.29 bits per heavy atom. The van der Waals surface area contributed by atoms with Gasteiger partial charge in [0.1, 0.15) is 0 Å². The van der Waals surface area contributed by atoms with Crippen molar-refractivity contribution < 1.29 is 9.53 Å². The first-order valence-electron chi connectivity index (χ1n) is 10.4. The minimum Gasteiger partial charge on any atom is -0.466 e. The summed E-state index contributed by atoms with van der Waals surface area (Å²) in [7, 11) is 0. The molecule has 0 amide bonds. The highest BCUT2D eigenvalue weighted by molar-refractivity contribution is 5.72. The van der Waals surface area contributed by atoms with Crippen LogP contribution in [0.15, 0.2) is 54.6 Å². The molecule has 1 aliphatic rings. The standard InChI is InChI=1S/C24H32N2O2/c1-2-28-24(27)20-23-10-8-22(9-11-23)13-15-26-18-16-25(17-19-26)14-12-21-6-4-3-5-7-21/h3-11H,2,12-20H2,1H3. The lowest BCUT2D eigenvalue weighted by Crippen LogP contribution is -2.47. The first-order chi connectivity index (χ1) is 13.7. The molecular weight excluding hydrogens is 348 g/mol. The third-order valence-corrected chi connectivity index (χ3v) is 5.42. The lowest BCUT2D eigenvalue weighted by Gasteiger charge is -2.34. The van der Waals surface area contributed by atoms with E-state index in [1.807, 2.05) is 19.1 Å². The molecule has 0 radical (unpaired) electrons. The normalized spacial score (nSPS) is 15.5. The Balaban J connectivity index is 1.34. The second-order valence-corrected chi connectivity index (χ2v) is 7.47. The highest BCUT2D eigenvalue weighted by atomic mass is 16.5. The van der Waals surface area contributed by atoms with Gasteiger partial charge in [0, 0.05) is 39.3 Å². The van der Waals surface area contributed by atoms with Gasteiger partial charge in [-0.15, -0.1) is 0 Å². The summed E-state index contributed by atoms with van der Waals surface area (Å²) in [6.07, 6.45) is 2.56. The molecule has 0 aromatic heterocycles. The number of carbonyl (C=O) groups is 1. The molecule has 4 nitrogen and oxygen atoms in total. The van der Waals surface area contributed by atoms with Crippen molar-refractivity contribution in [1.29, 1.82) is 0 Å². The van der Waals surface area contributed by atoms with Crippen LogP contribution in [-0.4, -0.2) is 61.6 Å². The summed E-state index contributed by atoms with van der Waals surface area (Å²) in [5.41, 5.74) is 3.78. The Hall–Kier alpha value is -2.17. The SMILES string of the molecule is CCOC(=O)Cc1ccc(CCN2CCN(CCc3ccccc3)CC2)cc1. The number of carbonyl (C=O) groups excluding carboxylic acids is 1. The fourth-order valence-electron chi connectivity index (χ4n) is 3.66. The zero-order chi connectivity index (χ0) is 19.6. The lowest BCUT2D eigenvalue weighted by atomic mass is 10.1. The lowest BCUT2D eigenvalue weighted by molar-refractivity contribution is -0.142. The molecule has 1 saturated heterocycles. The van der Waals surface area contributed by atoms with Crippen LogP contribution in [0.1, 0.15) is 23.6 Å². The van der Waals surface area contributed by atoms with Crippen molar-refractivity contribution >= 4 is 5.97 Å². The summed E-state index contributed by atoms with van der Waals surface area (Å²) in [5, 5.41) is 0. The first kappa shape index (κ1) is 20.6. The molecule has 2 aromatic carbocycles. The van der Waals surface area contributed by atoms with E-state index in [0.29, 0.717) is 13.0 Å². The van der Waals surface area contributed by atoms with E-state index in [-0.39, 0.29) is 5.97 Å². The minimum atomic E-state index is -0.152. The van der Waals surface area contributed by atoms with Gasteiger partial charge in [0.15, 0.2) is 0 Å². The third-order valence-electron chi connectivity index (χ3n) is 5.42. The molecular formula is C24H32N2O2. The van der Waals surface area contributed by atoms with Gasteiger partial charge in [-0.1, -0.05) is 54.6 Å². The summed E-state index contributed by atoms with van der Waals surface area (Å²) in [4.78, 5) is 16.7. The molecule has 1 heterocycles. The minimum absolute atomic E-state index is 0.152. The average molecular weight is 381 g/mol. The van der Waals surface area contributed by atoms with E-state index in [9.17, 15) is 4.79 Å². The third kappa shape index (κ3) is 6.77. The van der Waals surface area contributed by atoms with Gasteiger partial charge in [0.2, 0.25) is 0 Å². The molecule has 0 atom stereocenters. The largest absolute Gasteiger partial charge is 0.466 e. The van der Waals surface area contributed by atoms with Crippen LogP contribution in [-0.2, 0) is 28.8 Å². The van der Waals surface area contributed by atoms with Crippen LogP contribution < -0.4 is 0 Å². The molecule has 0 spiro atoms. The van der Waals surface area contributed by atoms with Crippen LogP contribution in [0.5, 0.6) is 0 Å². The molecule has 1 fully saturated rings. The fourth-order valence-corrected chi connectivity index (χ4v) is 3.66. The predicted octanol–water partition coefficient (Wildman–Crippen LogP) is 3.20. The summed E-state index contributed by atoms with van der Waals surface area (Å²) in [6.45, 7) is 9.14. The number of hydrogen-bond donors (Lipinski definition) is 0. The molecule has 3 rings (SSSR count). The average Bonchev–Trinajstić information content (AvgIpc) is 2.73. The van der Waals surface area contributed by atoms with E-state index in [1.54, 1.807) is 0 Å². The van der Waals surface area contributed by atoms with Crippen LogP contribution in [0.3, 0.4) is 0 Å². The Morgan fingerprint density at radius 3 is 1.82 bits per heavy atom. The molecule has 0 N–H and O–H groups in total. The first-order valence-corrected chi connectivity index (χ1v) is 10.4. The van der Waals surface area contributed by atoms with Crippen LogP contribution in [0, 0.1) is 0 Å². The van der Waals surface area contributed by atoms with Crippen molar-refractivity contribution in [2.45, 2.75) is 26.2 Å². The number of rotatable bonds is 9. The van der Waals surface area contributed by atoms with Crippen LogP contribution >= 0.6 is 0 Å². The summed E-state index contributed by atoms with van der Waals surface area (Å²) in [6, 6.07) is 19.1. The van der Waals surface area contributed by atoms with Gasteiger partial charge in [-0.05, 0) is 36.5 Å². The molecule has 1 aliphatic heterocycles. The van der Waals surface area contributed by atoms with Crippen molar-refractivity contribution in [3.8, 4) is 0 Å². The Labute approximate surface area is 169 Å². The molecule has 150 valence electrons. The second kappa shape index (κ2) is 11.0. The van der Waals surface area contributed by atoms with E-state index in [0.717, 1.165) is 57.7 Å². The van der Waals surface area contributed by atoms with Gasteiger partial charge in [0.25, 0.3) is 0 Å².